The lowest BCUT2D eigenvalue weighted by Gasteiger charge is -2.22. The smallest absolute Gasteiger partial charge is 0.158 e. The van der Waals surface area contributed by atoms with E-state index >= 15 is 0 Å². The average molecular weight is 182 g/mol. The highest BCUT2D eigenvalue weighted by atomic mass is 16.5. The van der Waals surface area contributed by atoms with Crippen molar-refractivity contribution in [3.05, 3.63) is 12.2 Å². The Hall–Kier alpha value is -0.630. The van der Waals surface area contributed by atoms with Gasteiger partial charge in [-0.25, -0.2) is 0 Å². The Morgan fingerprint density at radius 3 is 2.54 bits per heavy atom. The van der Waals surface area contributed by atoms with Crippen molar-refractivity contribution in [3.8, 4) is 0 Å². The fourth-order valence-corrected chi connectivity index (χ4v) is 1.40. The second-order valence-corrected chi connectivity index (χ2v) is 4.61. The molecule has 0 saturated heterocycles. The normalized spacial score (nSPS) is 24.1. The van der Waals surface area contributed by atoms with Crippen molar-refractivity contribution >= 4 is 5.78 Å². The van der Waals surface area contributed by atoms with Crippen LogP contribution in [0.5, 0.6) is 0 Å². The minimum absolute atomic E-state index is 0.119. The number of ketones is 1. The first-order valence-electron chi connectivity index (χ1n) is 4.76. The number of carbonyl (C=O) groups is 1. The van der Waals surface area contributed by atoms with Gasteiger partial charge in [-0.1, -0.05) is 6.58 Å². The zero-order valence-corrected chi connectivity index (χ0v) is 8.72. The van der Waals surface area contributed by atoms with Gasteiger partial charge in [0.25, 0.3) is 0 Å². The number of hydrogen-bond donors (Lipinski definition) is 0. The molecule has 0 aromatic heterocycles. The van der Waals surface area contributed by atoms with E-state index in [0.29, 0.717) is 13.0 Å². The van der Waals surface area contributed by atoms with Crippen molar-refractivity contribution in [2.75, 3.05) is 6.61 Å². The lowest BCUT2D eigenvalue weighted by atomic mass is 10.1. The van der Waals surface area contributed by atoms with Crippen LogP contribution in [-0.4, -0.2) is 18.0 Å². The van der Waals surface area contributed by atoms with Gasteiger partial charge in [0.15, 0.2) is 5.78 Å². The van der Waals surface area contributed by atoms with Gasteiger partial charge < -0.3 is 4.74 Å². The van der Waals surface area contributed by atoms with E-state index in [4.69, 9.17) is 4.74 Å². The molecular weight excluding hydrogens is 164 g/mol. The molecule has 0 aliphatic heterocycles. The van der Waals surface area contributed by atoms with Gasteiger partial charge in [-0.2, -0.15) is 0 Å². The Bertz CT molecular complexity index is 223. The maximum atomic E-state index is 11.2. The lowest BCUT2D eigenvalue weighted by molar-refractivity contribution is -0.114. The molecular formula is C11H18O2. The Morgan fingerprint density at radius 1 is 1.54 bits per heavy atom. The molecule has 1 fully saturated rings. The van der Waals surface area contributed by atoms with Gasteiger partial charge in [0.1, 0.15) is 0 Å². The predicted octanol–water partition coefficient (Wildman–Crippen LogP) is 2.34. The third-order valence-corrected chi connectivity index (χ3v) is 2.29. The van der Waals surface area contributed by atoms with E-state index in [2.05, 4.69) is 6.58 Å². The number of ether oxygens (including phenoxy) is 1. The molecule has 1 unspecified atom stereocenters. The summed E-state index contributed by atoms with van der Waals surface area (Å²) in [6, 6.07) is 0. The third kappa shape index (κ3) is 2.96. The van der Waals surface area contributed by atoms with Gasteiger partial charge in [0.2, 0.25) is 0 Å². The molecule has 1 atom stereocenters. The summed E-state index contributed by atoms with van der Waals surface area (Å²) in [6.45, 7) is 10.5. The van der Waals surface area contributed by atoms with E-state index in [-0.39, 0.29) is 17.3 Å². The van der Waals surface area contributed by atoms with E-state index in [1.165, 1.54) is 0 Å². The second kappa shape index (κ2) is 3.62. The molecule has 1 saturated carbocycles. The van der Waals surface area contributed by atoms with Crippen LogP contribution in [-0.2, 0) is 9.53 Å². The molecule has 2 nitrogen and oxygen atoms in total. The summed E-state index contributed by atoms with van der Waals surface area (Å²) in [6.07, 6.45) is 1.56. The van der Waals surface area contributed by atoms with E-state index < -0.39 is 0 Å². The molecule has 1 aliphatic rings. The monoisotopic (exact) mass is 182 g/mol. The zero-order valence-electron chi connectivity index (χ0n) is 8.72. The van der Waals surface area contributed by atoms with Crippen LogP contribution in [0.3, 0.4) is 0 Å². The van der Waals surface area contributed by atoms with Gasteiger partial charge in [0.05, 0.1) is 12.2 Å². The SMILES string of the molecule is C=C1C(=O)CCC1COC(C)(C)C. The van der Waals surface area contributed by atoms with E-state index in [1.807, 2.05) is 20.8 Å². The van der Waals surface area contributed by atoms with Crippen molar-refractivity contribution in [1.29, 1.82) is 0 Å². The third-order valence-electron chi connectivity index (χ3n) is 2.29. The Labute approximate surface area is 80.0 Å². The summed E-state index contributed by atoms with van der Waals surface area (Å²) in [5, 5.41) is 0. The summed E-state index contributed by atoms with van der Waals surface area (Å²) in [5.41, 5.74) is 0.635. The first-order chi connectivity index (χ1) is 5.90. The number of carbonyl (C=O) groups excluding carboxylic acids is 1. The van der Waals surface area contributed by atoms with Gasteiger partial charge in [-0.3, -0.25) is 4.79 Å². The molecule has 1 aliphatic carbocycles. The fraction of sp³-hybridized carbons (Fsp3) is 0.727. The van der Waals surface area contributed by atoms with E-state index in [0.717, 1.165) is 12.0 Å². The number of Topliss-reactive ketones (excluding diaryl/α,β-unsaturated/α-hetero) is 1. The molecule has 0 aromatic carbocycles. The van der Waals surface area contributed by atoms with E-state index in [1.54, 1.807) is 0 Å². The fourth-order valence-electron chi connectivity index (χ4n) is 1.40. The van der Waals surface area contributed by atoms with Crippen molar-refractivity contribution in [2.45, 2.75) is 39.2 Å². The van der Waals surface area contributed by atoms with Gasteiger partial charge in [0, 0.05) is 12.3 Å². The Kier molecular flexibility index (Phi) is 2.91. The zero-order chi connectivity index (χ0) is 10.1. The predicted molar refractivity (Wildman–Crippen MR) is 52.6 cm³/mol. The summed E-state index contributed by atoms with van der Waals surface area (Å²) in [5.74, 6) is 0.467. The van der Waals surface area contributed by atoms with Crippen LogP contribution < -0.4 is 0 Å². The van der Waals surface area contributed by atoms with Crippen LogP contribution in [0, 0.1) is 5.92 Å². The standard InChI is InChI=1S/C11H18O2/c1-8-9(5-6-10(8)12)7-13-11(2,3)4/h9H,1,5-7H2,2-4H3. The average Bonchev–Trinajstić information content (AvgIpc) is 2.29. The molecule has 0 radical (unpaired) electrons. The summed E-state index contributed by atoms with van der Waals surface area (Å²) < 4.78 is 5.62. The minimum atomic E-state index is -0.119. The summed E-state index contributed by atoms with van der Waals surface area (Å²) >= 11 is 0. The van der Waals surface area contributed by atoms with Crippen molar-refractivity contribution < 1.29 is 9.53 Å². The minimum Gasteiger partial charge on any atom is -0.375 e. The van der Waals surface area contributed by atoms with Gasteiger partial charge in [-0.05, 0) is 32.8 Å². The molecule has 0 bridgehead atoms. The molecule has 0 N–H and O–H groups in total. The number of rotatable bonds is 2. The molecule has 0 heterocycles. The van der Waals surface area contributed by atoms with Crippen LogP contribution >= 0.6 is 0 Å². The van der Waals surface area contributed by atoms with Crippen molar-refractivity contribution in [3.63, 3.8) is 0 Å². The Morgan fingerprint density at radius 2 is 2.15 bits per heavy atom. The van der Waals surface area contributed by atoms with Crippen LogP contribution in [0.2, 0.25) is 0 Å². The Balaban J connectivity index is 2.39. The molecule has 1 rings (SSSR count). The topological polar surface area (TPSA) is 26.3 Å². The molecule has 2 heteroatoms. The highest BCUT2D eigenvalue weighted by molar-refractivity contribution is 5.97. The second-order valence-electron chi connectivity index (χ2n) is 4.61. The van der Waals surface area contributed by atoms with Crippen molar-refractivity contribution in [1.82, 2.24) is 0 Å². The number of hydrogen-bond acceptors (Lipinski definition) is 2. The quantitative estimate of drug-likeness (QED) is 0.613. The van der Waals surface area contributed by atoms with Gasteiger partial charge in [-0.15, -0.1) is 0 Å². The highest BCUT2D eigenvalue weighted by Gasteiger charge is 2.27. The molecule has 0 amide bonds. The molecule has 0 spiro atoms. The first-order valence-corrected chi connectivity index (χ1v) is 4.76. The molecule has 74 valence electrons. The largest absolute Gasteiger partial charge is 0.375 e. The summed E-state index contributed by atoms with van der Waals surface area (Å²) in [7, 11) is 0. The van der Waals surface area contributed by atoms with Crippen LogP contribution in [0.25, 0.3) is 0 Å². The van der Waals surface area contributed by atoms with Gasteiger partial charge >= 0.3 is 0 Å². The first kappa shape index (κ1) is 10.5. The maximum absolute atomic E-state index is 11.2. The van der Waals surface area contributed by atoms with Crippen LogP contribution in [0.15, 0.2) is 12.2 Å². The van der Waals surface area contributed by atoms with Crippen LogP contribution in [0.1, 0.15) is 33.6 Å². The molecule has 13 heavy (non-hydrogen) atoms. The maximum Gasteiger partial charge on any atom is 0.158 e. The van der Waals surface area contributed by atoms with Crippen LogP contribution in [0.4, 0.5) is 0 Å². The molecule has 0 aromatic rings. The highest BCUT2D eigenvalue weighted by Crippen LogP contribution is 2.27. The summed E-state index contributed by atoms with van der Waals surface area (Å²) in [4.78, 5) is 11.2. The van der Waals surface area contributed by atoms with Crippen molar-refractivity contribution in [2.24, 2.45) is 5.92 Å². The lowest BCUT2D eigenvalue weighted by Crippen LogP contribution is -2.23. The van der Waals surface area contributed by atoms with E-state index in [9.17, 15) is 4.79 Å².